The van der Waals surface area contributed by atoms with E-state index < -0.39 is 0 Å². The van der Waals surface area contributed by atoms with Gasteiger partial charge in [-0.1, -0.05) is 12.1 Å². The molecule has 1 aromatic carbocycles. The number of benzene rings is 1. The summed E-state index contributed by atoms with van der Waals surface area (Å²) in [6, 6.07) is 7.56. The molecule has 0 aromatic heterocycles. The van der Waals surface area contributed by atoms with Crippen LogP contribution in [0.5, 0.6) is 0 Å². The Labute approximate surface area is 143 Å². The maximum Gasteiger partial charge on any atom is 0.251 e. The lowest BCUT2D eigenvalue weighted by Crippen LogP contribution is -2.65. The van der Waals surface area contributed by atoms with Gasteiger partial charge in [-0.05, 0) is 50.8 Å². The summed E-state index contributed by atoms with van der Waals surface area (Å²) in [4.78, 5) is 12.5. The molecule has 2 fully saturated rings. The lowest BCUT2D eigenvalue weighted by atomic mass is 9.58. The smallest absolute Gasteiger partial charge is 0.251 e. The Morgan fingerprint density at radius 2 is 2.00 bits per heavy atom. The standard InChI is InChI=1S/C19H27NO4/c1-13(2)24-12-14-3-5-15(6-4-14)18(22)20-16-11-17(21)19(16)7-9-23-10-8-19/h3-6,13,16-17,21H,7-12H2,1-2H3,(H,20,22)/t16-,17-/m1/s1. The third-order valence-corrected chi connectivity index (χ3v) is 5.35. The van der Waals surface area contributed by atoms with Gasteiger partial charge in [-0.25, -0.2) is 0 Å². The van der Waals surface area contributed by atoms with Crippen molar-refractivity contribution >= 4 is 5.91 Å². The molecular formula is C19H27NO4. The summed E-state index contributed by atoms with van der Waals surface area (Å²) in [5, 5.41) is 13.3. The van der Waals surface area contributed by atoms with Gasteiger partial charge < -0.3 is 19.9 Å². The molecule has 24 heavy (non-hydrogen) atoms. The summed E-state index contributed by atoms with van der Waals surface area (Å²) >= 11 is 0. The van der Waals surface area contributed by atoms with E-state index in [1.165, 1.54) is 0 Å². The van der Waals surface area contributed by atoms with Crippen molar-refractivity contribution in [3.63, 3.8) is 0 Å². The molecule has 1 amide bonds. The third-order valence-electron chi connectivity index (χ3n) is 5.35. The van der Waals surface area contributed by atoms with Crippen molar-refractivity contribution in [2.45, 2.75) is 58.0 Å². The number of aliphatic hydroxyl groups is 1. The van der Waals surface area contributed by atoms with Gasteiger partial charge >= 0.3 is 0 Å². The lowest BCUT2D eigenvalue weighted by Gasteiger charge is -2.55. The SMILES string of the molecule is CC(C)OCc1ccc(C(=O)N[C@@H]2C[C@@H](O)C23CCOCC3)cc1. The van der Waals surface area contributed by atoms with Crippen molar-refractivity contribution in [1.82, 2.24) is 5.32 Å². The second-order valence-corrected chi connectivity index (χ2v) is 7.18. The van der Waals surface area contributed by atoms with Gasteiger partial charge in [0.15, 0.2) is 0 Å². The first-order chi connectivity index (χ1) is 11.5. The van der Waals surface area contributed by atoms with Crippen LogP contribution in [0.25, 0.3) is 0 Å². The highest BCUT2D eigenvalue weighted by molar-refractivity contribution is 5.94. The first-order valence-corrected chi connectivity index (χ1v) is 8.78. The van der Waals surface area contributed by atoms with Gasteiger partial charge in [0.1, 0.15) is 0 Å². The monoisotopic (exact) mass is 333 g/mol. The zero-order chi connectivity index (χ0) is 17.2. The number of hydrogen-bond acceptors (Lipinski definition) is 4. The van der Waals surface area contributed by atoms with Crippen LogP contribution in [-0.4, -0.2) is 42.5 Å². The van der Waals surface area contributed by atoms with Gasteiger partial charge in [0, 0.05) is 30.2 Å². The van der Waals surface area contributed by atoms with Crippen molar-refractivity contribution in [3.8, 4) is 0 Å². The number of carbonyl (C=O) groups excluding carboxylic acids is 1. The summed E-state index contributed by atoms with van der Waals surface area (Å²) in [5.74, 6) is -0.0749. The van der Waals surface area contributed by atoms with Crippen LogP contribution in [-0.2, 0) is 16.1 Å². The molecule has 132 valence electrons. The van der Waals surface area contributed by atoms with Gasteiger partial charge in [0.05, 0.1) is 18.8 Å². The minimum atomic E-state index is -0.331. The average molecular weight is 333 g/mol. The van der Waals surface area contributed by atoms with Crippen molar-refractivity contribution in [3.05, 3.63) is 35.4 Å². The number of aliphatic hydroxyl groups excluding tert-OH is 1. The highest BCUT2D eigenvalue weighted by Crippen LogP contribution is 2.49. The molecule has 1 aliphatic heterocycles. The molecule has 0 bridgehead atoms. The van der Waals surface area contributed by atoms with Crippen LogP contribution in [0.3, 0.4) is 0 Å². The fraction of sp³-hybridized carbons (Fsp3) is 0.632. The number of carbonyl (C=O) groups is 1. The molecule has 1 aromatic rings. The van der Waals surface area contributed by atoms with Crippen LogP contribution < -0.4 is 5.32 Å². The second kappa shape index (κ2) is 7.21. The molecule has 1 saturated carbocycles. The topological polar surface area (TPSA) is 67.8 Å². The second-order valence-electron chi connectivity index (χ2n) is 7.18. The molecular weight excluding hydrogens is 306 g/mol. The zero-order valence-electron chi connectivity index (χ0n) is 14.5. The molecule has 3 rings (SSSR count). The van der Waals surface area contributed by atoms with Crippen molar-refractivity contribution in [2.24, 2.45) is 5.41 Å². The Bertz CT molecular complexity index is 563. The summed E-state index contributed by atoms with van der Waals surface area (Å²) < 4.78 is 11.0. The van der Waals surface area contributed by atoms with Crippen LogP contribution >= 0.6 is 0 Å². The van der Waals surface area contributed by atoms with Crippen molar-refractivity contribution < 1.29 is 19.4 Å². The van der Waals surface area contributed by atoms with E-state index in [1.54, 1.807) is 0 Å². The van der Waals surface area contributed by atoms with E-state index in [4.69, 9.17) is 9.47 Å². The predicted octanol–water partition coefficient (Wildman–Crippen LogP) is 2.27. The van der Waals surface area contributed by atoms with Crippen LogP contribution in [0, 0.1) is 5.41 Å². The Balaban J connectivity index is 1.59. The molecule has 1 aliphatic carbocycles. The summed E-state index contributed by atoms with van der Waals surface area (Å²) in [6.45, 7) is 5.88. The third kappa shape index (κ3) is 3.48. The minimum Gasteiger partial charge on any atom is -0.392 e. The highest BCUT2D eigenvalue weighted by Gasteiger charge is 2.55. The molecule has 1 saturated heterocycles. The number of nitrogens with one attached hydrogen (secondary N) is 1. The maximum absolute atomic E-state index is 12.5. The molecule has 0 radical (unpaired) electrons. The fourth-order valence-electron chi connectivity index (χ4n) is 3.66. The average Bonchev–Trinajstić information content (AvgIpc) is 2.60. The number of rotatable bonds is 5. The summed E-state index contributed by atoms with van der Waals surface area (Å²) in [7, 11) is 0. The molecule has 0 unspecified atom stereocenters. The first-order valence-electron chi connectivity index (χ1n) is 8.78. The lowest BCUT2D eigenvalue weighted by molar-refractivity contribution is -0.145. The van der Waals surface area contributed by atoms with Crippen LogP contribution in [0.2, 0.25) is 0 Å². The molecule has 2 N–H and O–H groups in total. The van der Waals surface area contributed by atoms with Gasteiger partial charge in [0.2, 0.25) is 0 Å². The Kier molecular flexibility index (Phi) is 5.23. The molecule has 2 aliphatic rings. The minimum absolute atomic E-state index is 0.0350. The predicted molar refractivity (Wildman–Crippen MR) is 90.7 cm³/mol. The van der Waals surface area contributed by atoms with E-state index in [9.17, 15) is 9.90 Å². The van der Waals surface area contributed by atoms with Crippen LogP contribution in [0.1, 0.15) is 49.0 Å². The molecule has 5 nitrogen and oxygen atoms in total. The largest absolute Gasteiger partial charge is 0.392 e. The van der Waals surface area contributed by atoms with Gasteiger partial charge in [-0.15, -0.1) is 0 Å². The zero-order valence-corrected chi connectivity index (χ0v) is 14.5. The maximum atomic E-state index is 12.5. The van der Waals surface area contributed by atoms with E-state index in [1.807, 2.05) is 38.1 Å². The Morgan fingerprint density at radius 3 is 2.58 bits per heavy atom. The number of hydrogen-bond donors (Lipinski definition) is 2. The number of amides is 1. The summed E-state index contributed by atoms with van der Waals surface area (Å²) in [6.07, 6.45) is 2.11. The summed E-state index contributed by atoms with van der Waals surface area (Å²) in [5.41, 5.74) is 1.51. The molecule has 1 spiro atoms. The normalized spacial score (nSPS) is 25.5. The van der Waals surface area contributed by atoms with E-state index in [0.717, 1.165) is 18.4 Å². The quantitative estimate of drug-likeness (QED) is 0.867. The number of ether oxygens (including phenoxy) is 2. The molecule has 5 heteroatoms. The van der Waals surface area contributed by atoms with Gasteiger partial charge in [-0.2, -0.15) is 0 Å². The van der Waals surface area contributed by atoms with Crippen molar-refractivity contribution in [1.29, 1.82) is 0 Å². The van der Waals surface area contributed by atoms with Gasteiger partial charge in [-0.3, -0.25) is 4.79 Å². The molecule has 2 atom stereocenters. The van der Waals surface area contributed by atoms with E-state index in [-0.39, 0.29) is 29.6 Å². The van der Waals surface area contributed by atoms with Crippen LogP contribution in [0.15, 0.2) is 24.3 Å². The Hall–Kier alpha value is -1.43. The highest BCUT2D eigenvalue weighted by atomic mass is 16.5. The van der Waals surface area contributed by atoms with Gasteiger partial charge in [0.25, 0.3) is 5.91 Å². The van der Waals surface area contributed by atoms with E-state index in [2.05, 4.69) is 5.32 Å². The first kappa shape index (κ1) is 17.4. The van der Waals surface area contributed by atoms with E-state index >= 15 is 0 Å². The molecule has 1 heterocycles. The van der Waals surface area contributed by atoms with E-state index in [0.29, 0.717) is 31.8 Å². The Morgan fingerprint density at radius 1 is 1.33 bits per heavy atom. The van der Waals surface area contributed by atoms with Crippen LogP contribution in [0.4, 0.5) is 0 Å². The fourth-order valence-corrected chi connectivity index (χ4v) is 3.66. The van der Waals surface area contributed by atoms with Crippen molar-refractivity contribution in [2.75, 3.05) is 13.2 Å².